The largest absolute Gasteiger partial charge is 0.355 e. The van der Waals surface area contributed by atoms with Crippen LogP contribution in [0, 0.1) is 11.8 Å². The molecule has 0 spiro atoms. The zero-order valence-electron chi connectivity index (χ0n) is 9.56. The maximum absolute atomic E-state index is 4.34. The molecule has 1 aromatic heterocycles. The average molecular weight is 205 g/mol. The zero-order valence-corrected chi connectivity index (χ0v) is 9.56. The van der Waals surface area contributed by atoms with E-state index in [1.807, 2.05) is 6.20 Å². The predicted octanol–water partition coefficient (Wildman–Crippen LogP) is 2.35. The third-order valence-electron chi connectivity index (χ3n) is 3.36. The second-order valence-corrected chi connectivity index (χ2v) is 4.63. The molecular weight excluding hydrogens is 186 g/mol. The minimum Gasteiger partial charge on any atom is -0.355 e. The number of rotatable bonds is 2. The van der Waals surface area contributed by atoms with Crippen LogP contribution < -0.4 is 4.90 Å². The molecule has 0 aromatic carbocycles. The Hall–Kier alpha value is -1.12. The first kappa shape index (κ1) is 10.4. The monoisotopic (exact) mass is 205 g/mol. The van der Waals surface area contributed by atoms with E-state index in [-0.39, 0.29) is 0 Å². The highest BCUT2D eigenvalue weighted by molar-refractivity contribution is 5.35. The zero-order chi connectivity index (χ0) is 10.7. The highest BCUT2D eigenvalue weighted by atomic mass is 15.2. The molecule has 0 amide bonds. The molecule has 0 atom stereocenters. The third kappa shape index (κ3) is 2.46. The van der Waals surface area contributed by atoms with Gasteiger partial charge in [0.05, 0.1) is 6.20 Å². The normalized spacial score (nSPS) is 18.5. The highest BCUT2D eigenvalue weighted by Crippen LogP contribution is 2.26. The van der Waals surface area contributed by atoms with Crippen LogP contribution in [-0.2, 0) is 0 Å². The molecule has 0 N–H and O–H groups in total. The van der Waals surface area contributed by atoms with Crippen molar-refractivity contribution in [2.24, 2.45) is 11.8 Å². The molecule has 1 aromatic rings. The van der Waals surface area contributed by atoms with E-state index in [1.165, 1.54) is 12.8 Å². The summed E-state index contributed by atoms with van der Waals surface area (Å²) in [6.45, 7) is 6.90. The summed E-state index contributed by atoms with van der Waals surface area (Å²) in [4.78, 5) is 10.8. The Morgan fingerprint density at radius 3 is 2.53 bits per heavy atom. The van der Waals surface area contributed by atoms with Gasteiger partial charge in [0.25, 0.3) is 0 Å². The Balaban J connectivity index is 1.94. The molecule has 82 valence electrons. The standard InChI is InChI=1S/C12H19N3/c1-10(2)11-3-7-15(8-4-11)12-9-13-5-6-14-12/h5-6,9-11H,3-4,7-8H2,1-2H3. The molecule has 0 unspecified atom stereocenters. The van der Waals surface area contributed by atoms with Gasteiger partial charge in [0.15, 0.2) is 0 Å². The minimum atomic E-state index is 0.814. The van der Waals surface area contributed by atoms with Crippen molar-refractivity contribution in [1.82, 2.24) is 9.97 Å². The molecule has 2 rings (SSSR count). The van der Waals surface area contributed by atoms with Gasteiger partial charge in [-0.15, -0.1) is 0 Å². The summed E-state index contributed by atoms with van der Waals surface area (Å²) in [6.07, 6.45) is 7.92. The van der Waals surface area contributed by atoms with E-state index in [9.17, 15) is 0 Å². The fourth-order valence-corrected chi connectivity index (χ4v) is 2.25. The fourth-order valence-electron chi connectivity index (χ4n) is 2.25. The highest BCUT2D eigenvalue weighted by Gasteiger charge is 2.21. The molecule has 0 saturated carbocycles. The Morgan fingerprint density at radius 2 is 2.00 bits per heavy atom. The van der Waals surface area contributed by atoms with Crippen molar-refractivity contribution in [3.8, 4) is 0 Å². The van der Waals surface area contributed by atoms with Gasteiger partial charge in [0, 0.05) is 25.5 Å². The molecule has 3 nitrogen and oxygen atoms in total. The maximum atomic E-state index is 4.34. The van der Waals surface area contributed by atoms with Crippen molar-refractivity contribution in [2.45, 2.75) is 26.7 Å². The Labute approximate surface area is 91.5 Å². The Kier molecular flexibility index (Phi) is 3.19. The van der Waals surface area contributed by atoms with Gasteiger partial charge in [0.2, 0.25) is 0 Å². The number of hydrogen-bond acceptors (Lipinski definition) is 3. The van der Waals surface area contributed by atoms with E-state index >= 15 is 0 Å². The number of anilines is 1. The maximum Gasteiger partial charge on any atom is 0.147 e. The first-order valence-electron chi connectivity index (χ1n) is 5.78. The van der Waals surface area contributed by atoms with E-state index in [0.29, 0.717) is 0 Å². The SMILES string of the molecule is CC(C)C1CCN(c2cnccn2)CC1. The van der Waals surface area contributed by atoms with Gasteiger partial charge in [0.1, 0.15) is 5.82 Å². The van der Waals surface area contributed by atoms with E-state index in [1.54, 1.807) is 12.4 Å². The van der Waals surface area contributed by atoms with Gasteiger partial charge in [-0.05, 0) is 24.7 Å². The van der Waals surface area contributed by atoms with Crippen LogP contribution in [0.4, 0.5) is 5.82 Å². The Morgan fingerprint density at radius 1 is 1.27 bits per heavy atom. The van der Waals surface area contributed by atoms with Crippen LogP contribution in [0.15, 0.2) is 18.6 Å². The van der Waals surface area contributed by atoms with Crippen LogP contribution in [0.3, 0.4) is 0 Å². The van der Waals surface area contributed by atoms with E-state index < -0.39 is 0 Å². The lowest BCUT2D eigenvalue weighted by Gasteiger charge is -2.34. The van der Waals surface area contributed by atoms with E-state index in [4.69, 9.17) is 0 Å². The molecule has 1 aliphatic rings. The van der Waals surface area contributed by atoms with Gasteiger partial charge < -0.3 is 4.90 Å². The van der Waals surface area contributed by atoms with Crippen molar-refractivity contribution >= 4 is 5.82 Å². The van der Waals surface area contributed by atoms with Crippen LogP contribution in [0.1, 0.15) is 26.7 Å². The lowest BCUT2D eigenvalue weighted by atomic mass is 9.87. The molecule has 0 aliphatic carbocycles. The quantitative estimate of drug-likeness (QED) is 0.742. The fraction of sp³-hybridized carbons (Fsp3) is 0.667. The lowest BCUT2D eigenvalue weighted by molar-refractivity contribution is 0.310. The molecule has 0 radical (unpaired) electrons. The molecule has 1 fully saturated rings. The predicted molar refractivity (Wildman–Crippen MR) is 61.8 cm³/mol. The first-order valence-corrected chi connectivity index (χ1v) is 5.78. The molecule has 0 bridgehead atoms. The molecular formula is C12H19N3. The smallest absolute Gasteiger partial charge is 0.147 e. The van der Waals surface area contributed by atoms with Crippen molar-refractivity contribution in [3.05, 3.63) is 18.6 Å². The first-order chi connectivity index (χ1) is 7.27. The third-order valence-corrected chi connectivity index (χ3v) is 3.36. The summed E-state index contributed by atoms with van der Waals surface area (Å²) >= 11 is 0. The number of aromatic nitrogens is 2. The Bertz CT molecular complexity index is 289. The minimum absolute atomic E-state index is 0.814. The van der Waals surface area contributed by atoms with Gasteiger partial charge in [-0.25, -0.2) is 4.98 Å². The lowest BCUT2D eigenvalue weighted by Crippen LogP contribution is -2.35. The molecule has 2 heterocycles. The summed E-state index contributed by atoms with van der Waals surface area (Å²) in [7, 11) is 0. The van der Waals surface area contributed by atoms with Gasteiger partial charge in [-0.1, -0.05) is 13.8 Å². The van der Waals surface area contributed by atoms with Crippen LogP contribution >= 0.6 is 0 Å². The van der Waals surface area contributed by atoms with Crippen LogP contribution in [0.25, 0.3) is 0 Å². The summed E-state index contributed by atoms with van der Waals surface area (Å²) in [5, 5.41) is 0. The summed E-state index contributed by atoms with van der Waals surface area (Å²) in [5.41, 5.74) is 0. The summed E-state index contributed by atoms with van der Waals surface area (Å²) < 4.78 is 0. The second-order valence-electron chi connectivity index (χ2n) is 4.63. The number of hydrogen-bond donors (Lipinski definition) is 0. The van der Waals surface area contributed by atoms with Crippen LogP contribution in [0.5, 0.6) is 0 Å². The van der Waals surface area contributed by atoms with Crippen molar-refractivity contribution in [1.29, 1.82) is 0 Å². The van der Waals surface area contributed by atoms with E-state index in [2.05, 4.69) is 28.7 Å². The van der Waals surface area contributed by atoms with Crippen LogP contribution in [-0.4, -0.2) is 23.1 Å². The van der Waals surface area contributed by atoms with Crippen molar-refractivity contribution in [3.63, 3.8) is 0 Å². The average Bonchev–Trinajstić information content (AvgIpc) is 2.30. The molecule has 3 heteroatoms. The molecule has 15 heavy (non-hydrogen) atoms. The molecule has 1 saturated heterocycles. The van der Waals surface area contributed by atoms with Gasteiger partial charge in [-0.2, -0.15) is 0 Å². The number of piperidine rings is 1. The van der Waals surface area contributed by atoms with Crippen LogP contribution in [0.2, 0.25) is 0 Å². The van der Waals surface area contributed by atoms with E-state index in [0.717, 1.165) is 30.7 Å². The summed E-state index contributed by atoms with van der Waals surface area (Å²) in [6, 6.07) is 0. The molecule has 1 aliphatic heterocycles. The second kappa shape index (κ2) is 4.60. The van der Waals surface area contributed by atoms with Gasteiger partial charge in [-0.3, -0.25) is 4.98 Å². The van der Waals surface area contributed by atoms with Crippen molar-refractivity contribution in [2.75, 3.05) is 18.0 Å². The summed E-state index contributed by atoms with van der Waals surface area (Å²) in [5.74, 6) is 2.73. The number of nitrogens with zero attached hydrogens (tertiary/aromatic N) is 3. The topological polar surface area (TPSA) is 29.0 Å². The van der Waals surface area contributed by atoms with Gasteiger partial charge >= 0.3 is 0 Å². The van der Waals surface area contributed by atoms with Crippen molar-refractivity contribution < 1.29 is 0 Å².